The van der Waals surface area contributed by atoms with E-state index in [0.717, 1.165) is 0 Å². The van der Waals surface area contributed by atoms with Crippen molar-refractivity contribution in [3.8, 4) is 0 Å². The first-order valence-corrected chi connectivity index (χ1v) is 0. The van der Waals surface area contributed by atoms with Gasteiger partial charge in [0.25, 0.3) is 0 Å². The van der Waals surface area contributed by atoms with Crippen LogP contribution in [0.3, 0.4) is 0 Å². The van der Waals surface area contributed by atoms with Crippen molar-refractivity contribution in [3.05, 3.63) is 0 Å². The zero-order valence-corrected chi connectivity index (χ0v) is 11.9. The fourth-order valence-corrected chi connectivity index (χ4v) is 0. The smallest absolute Gasteiger partial charge is 0 e. The normalized spacial score (nSPS) is 0. The van der Waals surface area contributed by atoms with Crippen molar-refractivity contribution in [3.63, 3.8) is 0 Å². The van der Waals surface area contributed by atoms with Crippen LogP contribution in [0.5, 0.6) is 0 Å². The molecule has 0 saturated carbocycles. The van der Waals surface area contributed by atoms with Gasteiger partial charge in [-0.1, -0.05) is 0 Å². The average molecular weight is 438 g/mol. The Morgan fingerprint density at radius 3 is 1.00 bits per heavy atom. The Hall–Kier alpha value is 3.31. The summed E-state index contributed by atoms with van der Waals surface area (Å²) in [6.45, 7) is 0. The summed E-state index contributed by atoms with van der Waals surface area (Å²) < 4.78 is 0. The van der Waals surface area contributed by atoms with Crippen molar-refractivity contribution >= 4 is 48.3 Å². The molecule has 0 aromatic carbocycles. The third-order valence-corrected chi connectivity index (χ3v) is 0. The molecule has 0 rings (SSSR count). The Kier molecular flexibility index (Phi) is 108. The summed E-state index contributed by atoms with van der Waals surface area (Å²) in [7, 11) is 0. The van der Waals surface area contributed by atoms with Gasteiger partial charge in [-0.25, -0.2) is 0 Å². The van der Waals surface area contributed by atoms with Gasteiger partial charge < -0.3 is 0 Å². The first-order chi connectivity index (χ1) is 0. The van der Waals surface area contributed by atoms with Crippen molar-refractivity contribution in [1.29, 1.82) is 0 Å². The molecule has 0 aromatic heterocycles. The van der Waals surface area contributed by atoms with Crippen LogP contribution in [0.4, 0.5) is 0 Å². The topological polar surface area (TPSA) is 0 Å². The van der Waals surface area contributed by atoms with Gasteiger partial charge in [-0.15, -0.1) is 0 Å². The summed E-state index contributed by atoms with van der Waals surface area (Å²) in [5.41, 5.74) is 0. The molecule has 0 spiro atoms. The minimum atomic E-state index is 0. The van der Waals surface area contributed by atoms with Crippen LogP contribution in [-0.4, -0.2) is 48.3 Å². The summed E-state index contributed by atoms with van der Waals surface area (Å²) in [5.74, 6) is 0. The van der Waals surface area contributed by atoms with Gasteiger partial charge in [0.05, 0.1) is 0 Å². The van der Waals surface area contributed by atoms with Crippen LogP contribution in [0.2, 0.25) is 0 Å². The van der Waals surface area contributed by atoms with Gasteiger partial charge in [0.2, 0.25) is 0 Å². The Morgan fingerprint density at radius 2 is 1.00 bits per heavy atom. The van der Waals surface area contributed by atoms with Gasteiger partial charge in [0.15, 0.2) is 0 Å². The first kappa shape index (κ1) is 26.6. The summed E-state index contributed by atoms with van der Waals surface area (Å²) in [5, 5.41) is 0. The molecule has 0 N–H and O–H groups in total. The minimum absolute atomic E-state index is 0. The Morgan fingerprint density at radius 1 is 1.00 bits per heavy atom. The molecule has 0 aliphatic heterocycles. The fourth-order valence-electron chi connectivity index (χ4n) is 0. The van der Waals surface area contributed by atoms with Crippen LogP contribution in [-0.2, 0) is 16.5 Å². The maximum Gasteiger partial charge on any atom is 0 e. The molecule has 0 atom stereocenters. The second kappa shape index (κ2) is 16.2. The van der Waals surface area contributed by atoms with E-state index in [4.69, 9.17) is 0 Å². The van der Waals surface area contributed by atoms with E-state index in [1.54, 1.807) is 0 Å². The standard InChI is InChI=1S/La.Ni.Sb.Sn. The molecule has 0 nitrogen and oxygen atoms in total. The maximum atomic E-state index is 0. The molecule has 0 amide bonds. The summed E-state index contributed by atoms with van der Waals surface area (Å²) in [6, 6.07) is 0. The predicted molar refractivity (Wildman–Crippen MR) is 11.5 cm³/mol. The second-order valence-corrected chi connectivity index (χ2v) is 0. The molecule has 22 valence electrons. The fraction of sp³-hybridized carbons (Fsp3) is 0. The maximum absolute atomic E-state index is 0. The van der Waals surface area contributed by atoms with Crippen molar-refractivity contribution < 1.29 is 52.1 Å². The molecule has 4 heavy (non-hydrogen) atoms. The van der Waals surface area contributed by atoms with Gasteiger partial charge in [-0.2, -0.15) is 0 Å². The monoisotopic (exact) mass is 438 g/mol. The van der Waals surface area contributed by atoms with E-state index in [-0.39, 0.29) is 100 Å². The number of rotatable bonds is 0. The van der Waals surface area contributed by atoms with E-state index >= 15 is 0 Å². The Bertz CT molecular complexity index is 8.00. The molecule has 0 saturated heterocycles. The van der Waals surface area contributed by atoms with E-state index < -0.39 is 0 Å². The summed E-state index contributed by atoms with van der Waals surface area (Å²) in [6.07, 6.45) is 0. The van der Waals surface area contributed by atoms with Gasteiger partial charge in [-0.05, 0) is 0 Å². The zero-order valence-electron chi connectivity index (χ0n) is 1.84. The van der Waals surface area contributed by atoms with Crippen molar-refractivity contribution in [2.45, 2.75) is 0 Å². The van der Waals surface area contributed by atoms with E-state index in [0.29, 0.717) is 0 Å². The molecular weight excluding hydrogens is 438 g/mol. The predicted octanol–water partition coefficient (Wildman–Crippen LogP) is -0.764. The van der Waals surface area contributed by atoms with E-state index in [2.05, 4.69) is 0 Å². The second-order valence-electron chi connectivity index (χ2n) is 0. The quantitative estimate of drug-likeness (QED) is 0.437. The van der Waals surface area contributed by atoms with E-state index in [1.165, 1.54) is 0 Å². The average Bonchev–Trinajstić information content (AvgIpc) is 0. The number of hydrogen-bond acceptors (Lipinski definition) is 0. The summed E-state index contributed by atoms with van der Waals surface area (Å²) >= 11 is 0. The molecule has 8 radical (unpaired) electrons. The third kappa shape index (κ3) is 9.00. The largest absolute Gasteiger partial charge is 0 e. The Balaban J connectivity index is 0. The molecule has 0 fully saturated rings. The SMILES string of the molecule is [La].[Ni].[Sb].[Sn]. The van der Waals surface area contributed by atoms with Gasteiger partial charge >= 0.3 is 0 Å². The molecule has 0 aliphatic carbocycles. The molecule has 0 unspecified atom stereocenters. The third-order valence-electron chi connectivity index (χ3n) is 0. The van der Waals surface area contributed by atoms with Crippen LogP contribution >= 0.6 is 0 Å². The number of hydrogen-bond donors (Lipinski definition) is 0. The van der Waals surface area contributed by atoms with Crippen molar-refractivity contribution in [2.75, 3.05) is 0 Å². The van der Waals surface area contributed by atoms with Gasteiger partial charge in [0.1, 0.15) is 0 Å². The van der Waals surface area contributed by atoms with Crippen molar-refractivity contribution in [1.82, 2.24) is 0 Å². The Labute approximate surface area is 98.2 Å². The van der Waals surface area contributed by atoms with Crippen LogP contribution in [0.25, 0.3) is 0 Å². The molecule has 0 bridgehead atoms. The first-order valence-electron chi connectivity index (χ1n) is 0. The van der Waals surface area contributed by atoms with Crippen LogP contribution in [0.1, 0.15) is 0 Å². The molecule has 0 heterocycles. The molecule has 0 aliphatic rings. The zero-order chi connectivity index (χ0) is 0. The van der Waals surface area contributed by atoms with Gasteiger partial charge in [-0.3, -0.25) is 0 Å². The van der Waals surface area contributed by atoms with Crippen LogP contribution in [0, 0.1) is 35.6 Å². The minimum Gasteiger partial charge on any atom is 0 e. The van der Waals surface area contributed by atoms with Crippen LogP contribution in [0.15, 0.2) is 0 Å². The van der Waals surface area contributed by atoms with Crippen molar-refractivity contribution in [2.24, 2.45) is 0 Å². The van der Waals surface area contributed by atoms with Gasteiger partial charge in [0, 0.05) is 100 Å². The van der Waals surface area contributed by atoms with E-state index in [1.807, 2.05) is 0 Å². The molecule has 4 heteroatoms. The molecule has 0 aromatic rings. The van der Waals surface area contributed by atoms with Crippen LogP contribution < -0.4 is 0 Å². The summed E-state index contributed by atoms with van der Waals surface area (Å²) in [4.78, 5) is 0. The van der Waals surface area contributed by atoms with E-state index in [9.17, 15) is 0 Å². The molecular formula is LaNiSbSn.